The van der Waals surface area contributed by atoms with E-state index >= 15 is 0 Å². The molecule has 1 aliphatic heterocycles. The standard InChI is InChI=1S/C25H24ClF3N4O5S/c1-24(23(34)35)10-12-33(13-11-24)20-4-3-5-21(31-20)39(36,37)32-19-9-7-17(25(27,28)29)22(30-19)16-14-15(26)6-8-18(16)38-2/h3-9,14H,10-13H2,1-2H3,(H,30,32)(H,34,35). The molecule has 0 bridgehead atoms. The summed E-state index contributed by atoms with van der Waals surface area (Å²) < 4.78 is 75.1. The number of benzene rings is 1. The third-order valence-corrected chi connectivity index (χ3v) is 8.04. The number of anilines is 2. The van der Waals surface area contributed by atoms with E-state index in [1.54, 1.807) is 17.9 Å². The largest absolute Gasteiger partial charge is 0.496 e. The van der Waals surface area contributed by atoms with E-state index in [1.165, 1.54) is 37.4 Å². The SMILES string of the molecule is COc1ccc(Cl)cc1-c1nc(NS(=O)(=O)c2cccc(N3CCC(C)(C(=O)O)CC3)n2)ccc1C(F)(F)F. The number of ether oxygens (including phenoxy) is 1. The molecule has 9 nitrogen and oxygen atoms in total. The van der Waals surface area contributed by atoms with E-state index in [0.29, 0.717) is 31.7 Å². The molecule has 14 heteroatoms. The van der Waals surface area contributed by atoms with Crippen molar-refractivity contribution in [2.45, 2.75) is 31.0 Å². The number of halogens is 4. The Kier molecular flexibility index (Phi) is 7.68. The second-order valence-electron chi connectivity index (χ2n) is 9.23. The summed E-state index contributed by atoms with van der Waals surface area (Å²) in [5, 5.41) is 9.19. The average Bonchev–Trinajstić information content (AvgIpc) is 2.88. The van der Waals surface area contributed by atoms with Gasteiger partial charge in [0, 0.05) is 23.7 Å². The first-order valence-electron chi connectivity index (χ1n) is 11.6. The van der Waals surface area contributed by atoms with Crippen LogP contribution in [0.4, 0.5) is 24.8 Å². The number of carbonyl (C=O) groups is 1. The molecule has 4 rings (SSSR count). The van der Waals surface area contributed by atoms with Crippen LogP contribution in [0.15, 0.2) is 53.6 Å². The fraction of sp³-hybridized carbons (Fsp3) is 0.320. The Morgan fingerprint density at radius 1 is 1.13 bits per heavy atom. The molecule has 3 heterocycles. The van der Waals surface area contributed by atoms with Gasteiger partial charge >= 0.3 is 12.1 Å². The van der Waals surface area contributed by atoms with Crippen molar-refractivity contribution < 1.29 is 36.2 Å². The topological polar surface area (TPSA) is 122 Å². The van der Waals surface area contributed by atoms with Crippen LogP contribution in [0.25, 0.3) is 11.3 Å². The normalized spacial score (nSPS) is 15.6. The van der Waals surface area contributed by atoms with Gasteiger partial charge in [-0.2, -0.15) is 21.6 Å². The zero-order valence-corrected chi connectivity index (χ0v) is 22.4. The van der Waals surface area contributed by atoms with Gasteiger partial charge in [-0.3, -0.25) is 9.52 Å². The number of hydrogen-bond donors (Lipinski definition) is 2. The smallest absolute Gasteiger partial charge is 0.418 e. The predicted molar refractivity (Wildman–Crippen MR) is 138 cm³/mol. The molecular weight excluding hydrogens is 561 g/mol. The first kappa shape index (κ1) is 28.4. The number of aliphatic carboxylic acids is 1. The molecule has 1 aromatic carbocycles. The second kappa shape index (κ2) is 10.5. The molecule has 0 aliphatic carbocycles. The van der Waals surface area contributed by atoms with E-state index in [4.69, 9.17) is 16.3 Å². The number of alkyl halides is 3. The Morgan fingerprint density at radius 3 is 2.44 bits per heavy atom. The highest BCUT2D eigenvalue weighted by Crippen LogP contribution is 2.41. The third-order valence-electron chi connectivity index (χ3n) is 6.55. The van der Waals surface area contributed by atoms with Crippen molar-refractivity contribution in [1.82, 2.24) is 9.97 Å². The molecule has 3 aromatic rings. The van der Waals surface area contributed by atoms with Crippen LogP contribution in [0.3, 0.4) is 0 Å². The molecule has 0 atom stereocenters. The Morgan fingerprint density at radius 2 is 1.82 bits per heavy atom. The molecule has 1 fully saturated rings. The first-order chi connectivity index (χ1) is 18.2. The Balaban J connectivity index is 1.66. The molecule has 0 amide bonds. The van der Waals surface area contributed by atoms with E-state index in [-0.39, 0.29) is 27.2 Å². The monoisotopic (exact) mass is 584 g/mol. The van der Waals surface area contributed by atoms with Crippen molar-refractivity contribution in [3.63, 3.8) is 0 Å². The second-order valence-corrected chi connectivity index (χ2v) is 11.3. The lowest BCUT2D eigenvalue weighted by atomic mass is 9.80. The molecular formula is C25H24ClF3N4O5S. The number of carboxylic acids is 1. The lowest BCUT2D eigenvalue weighted by molar-refractivity contribution is -0.149. The minimum absolute atomic E-state index is 0.0623. The Bertz CT molecular complexity index is 1510. The predicted octanol–water partition coefficient (Wildman–Crippen LogP) is 5.32. The molecule has 0 radical (unpaired) electrons. The highest BCUT2D eigenvalue weighted by Gasteiger charge is 2.38. The van der Waals surface area contributed by atoms with Gasteiger partial charge < -0.3 is 14.7 Å². The molecule has 1 saturated heterocycles. The first-order valence-corrected chi connectivity index (χ1v) is 13.5. The van der Waals surface area contributed by atoms with Crippen LogP contribution in [0.2, 0.25) is 5.02 Å². The van der Waals surface area contributed by atoms with Crippen molar-refractivity contribution in [1.29, 1.82) is 0 Å². The zero-order valence-electron chi connectivity index (χ0n) is 20.8. The number of rotatable bonds is 7. The summed E-state index contributed by atoms with van der Waals surface area (Å²) in [7, 11) is -3.09. The Labute approximate surface area is 227 Å². The molecule has 208 valence electrons. The molecule has 1 aliphatic rings. The molecule has 0 spiro atoms. The fourth-order valence-electron chi connectivity index (χ4n) is 4.18. The number of piperidine rings is 1. The van der Waals surface area contributed by atoms with E-state index in [2.05, 4.69) is 14.7 Å². The van der Waals surface area contributed by atoms with E-state index in [1.807, 2.05) is 0 Å². The summed E-state index contributed by atoms with van der Waals surface area (Å²) in [5.74, 6) is -0.876. The van der Waals surface area contributed by atoms with Crippen LogP contribution in [0, 0.1) is 5.41 Å². The van der Waals surface area contributed by atoms with Crippen molar-refractivity contribution >= 4 is 39.2 Å². The summed E-state index contributed by atoms with van der Waals surface area (Å²) in [6, 6.07) is 10.0. The van der Waals surface area contributed by atoms with Crippen LogP contribution in [-0.4, -0.2) is 49.7 Å². The number of carboxylic acid groups (broad SMARTS) is 1. The maximum atomic E-state index is 13.8. The van der Waals surface area contributed by atoms with Gasteiger partial charge in [-0.25, -0.2) is 9.97 Å². The van der Waals surface area contributed by atoms with Crippen LogP contribution < -0.4 is 14.4 Å². The van der Waals surface area contributed by atoms with Gasteiger partial charge in [-0.15, -0.1) is 0 Å². The van der Waals surface area contributed by atoms with Crippen LogP contribution in [0.5, 0.6) is 5.75 Å². The number of methoxy groups -OCH3 is 1. The Hall–Kier alpha value is -3.58. The summed E-state index contributed by atoms with van der Waals surface area (Å²) in [5.41, 5.74) is -2.63. The summed E-state index contributed by atoms with van der Waals surface area (Å²) >= 11 is 6.01. The molecule has 2 N–H and O–H groups in total. The minimum Gasteiger partial charge on any atom is -0.496 e. The number of pyridine rings is 2. The number of hydrogen-bond acceptors (Lipinski definition) is 7. The highest BCUT2D eigenvalue weighted by atomic mass is 35.5. The molecule has 0 unspecified atom stereocenters. The zero-order chi connectivity index (χ0) is 28.6. The van der Waals surface area contributed by atoms with Crippen molar-refractivity contribution in [2.75, 3.05) is 29.8 Å². The summed E-state index contributed by atoms with van der Waals surface area (Å²) in [4.78, 5) is 21.5. The van der Waals surface area contributed by atoms with Gasteiger partial charge in [-0.1, -0.05) is 17.7 Å². The molecule has 2 aromatic heterocycles. The maximum Gasteiger partial charge on any atom is 0.418 e. The van der Waals surface area contributed by atoms with Gasteiger partial charge in [0.25, 0.3) is 10.0 Å². The summed E-state index contributed by atoms with van der Waals surface area (Å²) in [6.45, 7) is 2.38. The number of sulfonamides is 1. The van der Waals surface area contributed by atoms with Crippen molar-refractivity contribution in [2.24, 2.45) is 5.41 Å². The minimum atomic E-state index is -4.80. The van der Waals surface area contributed by atoms with Gasteiger partial charge in [0.15, 0.2) is 5.03 Å². The van der Waals surface area contributed by atoms with Crippen LogP contribution in [-0.2, 0) is 21.0 Å². The van der Waals surface area contributed by atoms with E-state index < -0.39 is 38.8 Å². The van der Waals surface area contributed by atoms with Gasteiger partial charge in [0.2, 0.25) is 0 Å². The van der Waals surface area contributed by atoms with Gasteiger partial charge in [0.1, 0.15) is 17.4 Å². The lowest BCUT2D eigenvalue weighted by Crippen LogP contribution is -2.43. The lowest BCUT2D eigenvalue weighted by Gasteiger charge is -2.37. The van der Waals surface area contributed by atoms with Crippen molar-refractivity contribution in [3.8, 4) is 17.0 Å². The molecule has 39 heavy (non-hydrogen) atoms. The number of nitrogens with one attached hydrogen (secondary N) is 1. The van der Waals surface area contributed by atoms with E-state index in [9.17, 15) is 31.5 Å². The maximum absolute atomic E-state index is 13.8. The third kappa shape index (κ3) is 6.04. The van der Waals surface area contributed by atoms with Gasteiger partial charge in [0.05, 0.1) is 23.8 Å². The van der Waals surface area contributed by atoms with E-state index in [0.717, 1.165) is 12.1 Å². The molecule has 0 saturated carbocycles. The number of aromatic nitrogens is 2. The van der Waals surface area contributed by atoms with Gasteiger partial charge in [-0.05, 0) is 62.2 Å². The van der Waals surface area contributed by atoms with Crippen molar-refractivity contribution in [3.05, 3.63) is 59.1 Å². The fourth-order valence-corrected chi connectivity index (χ4v) is 5.32. The number of nitrogens with zero attached hydrogens (tertiary/aromatic N) is 3. The average molecular weight is 585 g/mol. The highest BCUT2D eigenvalue weighted by molar-refractivity contribution is 7.92. The van der Waals surface area contributed by atoms with Crippen LogP contribution in [0.1, 0.15) is 25.3 Å². The van der Waals surface area contributed by atoms with Crippen LogP contribution >= 0.6 is 11.6 Å². The summed E-state index contributed by atoms with van der Waals surface area (Å²) in [6.07, 6.45) is -4.09. The quantitative estimate of drug-likeness (QED) is 0.383.